The molecule has 1 fully saturated rings. The van der Waals surface area contributed by atoms with Gasteiger partial charge in [-0.15, -0.1) is 10.2 Å². The Balaban J connectivity index is 1.39. The maximum atomic E-state index is 11.5. The van der Waals surface area contributed by atoms with Crippen LogP contribution >= 0.6 is 0 Å². The van der Waals surface area contributed by atoms with Crippen molar-refractivity contribution in [3.05, 3.63) is 62.4 Å². The van der Waals surface area contributed by atoms with E-state index >= 15 is 0 Å². The highest BCUT2D eigenvalue weighted by Crippen LogP contribution is 2.27. The summed E-state index contributed by atoms with van der Waals surface area (Å²) in [6.07, 6.45) is 0.185. The van der Waals surface area contributed by atoms with Crippen LogP contribution in [0.15, 0.2) is 39.9 Å². The smallest absolute Gasteiger partial charge is 0.325 e. The third-order valence-electron chi connectivity index (χ3n) is 4.82. The summed E-state index contributed by atoms with van der Waals surface area (Å²) in [4.78, 5) is 29.9. The molecule has 10 nitrogen and oxygen atoms in total. The molecule has 27 heavy (non-hydrogen) atoms. The molecule has 140 valence electrons. The Morgan fingerprint density at radius 2 is 2.04 bits per heavy atom. The van der Waals surface area contributed by atoms with Gasteiger partial charge in [0, 0.05) is 36.3 Å². The van der Waals surface area contributed by atoms with Crippen LogP contribution in [0, 0.1) is 0 Å². The molecule has 1 aliphatic rings. The number of aliphatic hydroxyl groups is 1. The van der Waals surface area contributed by atoms with Gasteiger partial charge in [-0.3, -0.25) is 14.7 Å². The van der Waals surface area contributed by atoms with Gasteiger partial charge in [0.25, 0.3) is 5.56 Å². The highest BCUT2D eigenvalue weighted by Gasteiger charge is 2.26. The van der Waals surface area contributed by atoms with Crippen LogP contribution in [0.4, 0.5) is 0 Å². The van der Waals surface area contributed by atoms with Crippen molar-refractivity contribution in [3.63, 3.8) is 0 Å². The highest BCUT2D eigenvalue weighted by atomic mass is 16.3. The third-order valence-corrected chi connectivity index (χ3v) is 4.82. The van der Waals surface area contributed by atoms with E-state index in [1.807, 2.05) is 24.3 Å². The number of nitrogens with zero attached hydrogens (tertiary/aromatic N) is 4. The summed E-state index contributed by atoms with van der Waals surface area (Å²) in [5, 5.41) is 24.3. The lowest BCUT2D eigenvalue weighted by atomic mass is 10.0. The van der Waals surface area contributed by atoms with Crippen LogP contribution < -0.4 is 11.2 Å². The topological polar surface area (TPSA) is 144 Å². The van der Waals surface area contributed by atoms with Gasteiger partial charge >= 0.3 is 5.69 Å². The monoisotopic (exact) mass is 369 g/mol. The number of aromatic nitrogens is 6. The molecule has 3 heterocycles. The number of benzene rings is 1. The molecule has 1 aliphatic heterocycles. The van der Waals surface area contributed by atoms with Crippen molar-refractivity contribution in [2.45, 2.75) is 18.4 Å². The van der Waals surface area contributed by atoms with Gasteiger partial charge in [0.05, 0.1) is 6.10 Å². The van der Waals surface area contributed by atoms with Gasteiger partial charge < -0.3 is 10.1 Å². The maximum absolute atomic E-state index is 11.5. The number of nitrogens with one attached hydrogen (secondary N) is 3. The molecule has 0 spiro atoms. The van der Waals surface area contributed by atoms with E-state index in [-0.39, 0.29) is 5.92 Å². The largest absolute Gasteiger partial charge is 0.387 e. The zero-order valence-electron chi connectivity index (χ0n) is 14.4. The average molecular weight is 369 g/mol. The number of aromatic amines is 3. The molecule has 1 aromatic carbocycles. The minimum Gasteiger partial charge on any atom is -0.387 e. The van der Waals surface area contributed by atoms with Crippen LogP contribution in [0.2, 0.25) is 0 Å². The zero-order valence-corrected chi connectivity index (χ0v) is 14.4. The third kappa shape index (κ3) is 3.86. The number of β-amino-alcohol motifs (C(OH)–C–C–N with tert-alkyl or cyclic N) is 1. The van der Waals surface area contributed by atoms with Gasteiger partial charge in [0.1, 0.15) is 0 Å². The Kier molecular flexibility index (Phi) is 4.65. The zero-order chi connectivity index (χ0) is 18.8. The van der Waals surface area contributed by atoms with Crippen molar-refractivity contribution in [2.75, 3.05) is 19.6 Å². The van der Waals surface area contributed by atoms with Crippen molar-refractivity contribution in [1.82, 2.24) is 35.5 Å². The number of hydrogen-bond donors (Lipinski definition) is 4. The molecule has 3 aromatic rings. The van der Waals surface area contributed by atoms with E-state index in [2.05, 4.69) is 35.5 Å². The molecule has 4 rings (SSSR count). The van der Waals surface area contributed by atoms with Crippen molar-refractivity contribution in [2.24, 2.45) is 0 Å². The van der Waals surface area contributed by atoms with E-state index in [4.69, 9.17) is 0 Å². The molecular weight excluding hydrogens is 350 g/mol. The fourth-order valence-electron chi connectivity index (χ4n) is 3.45. The molecule has 0 aliphatic carbocycles. The molecule has 0 amide bonds. The lowest BCUT2D eigenvalue weighted by Crippen LogP contribution is -2.28. The van der Waals surface area contributed by atoms with Gasteiger partial charge in [0.2, 0.25) is 5.82 Å². The van der Waals surface area contributed by atoms with Crippen LogP contribution in [-0.2, 0) is 0 Å². The van der Waals surface area contributed by atoms with E-state index in [9.17, 15) is 14.7 Å². The van der Waals surface area contributed by atoms with E-state index in [0.717, 1.165) is 24.1 Å². The molecule has 1 saturated heterocycles. The van der Waals surface area contributed by atoms with Gasteiger partial charge in [-0.1, -0.05) is 24.3 Å². The Hall–Kier alpha value is -3.11. The Morgan fingerprint density at radius 1 is 1.22 bits per heavy atom. The summed E-state index contributed by atoms with van der Waals surface area (Å²) in [6, 6.07) is 8.81. The van der Waals surface area contributed by atoms with Crippen LogP contribution in [0.3, 0.4) is 0 Å². The second kappa shape index (κ2) is 7.25. The summed E-state index contributed by atoms with van der Waals surface area (Å²) in [7, 11) is 0. The molecule has 0 saturated carbocycles. The molecule has 2 aromatic heterocycles. The molecule has 0 radical (unpaired) electrons. The standard InChI is InChI=1S/C17H19N7O3/c25-14(10-1-3-11(4-2-10)16-20-22-23-21-16)9-24-6-5-12(8-24)13-7-15(26)19-17(27)18-13/h1-4,7,12,14,25H,5-6,8-9H2,(H2,18,19,26,27)(H,20,21,22,23). The first kappa shape index (κ1) is 17.3. The summed E-state index contributed by atoms with van der Waals surface area (Å²) >= 11 is 0. The number of hydrogen-bond acceptors (Lipinski definition) is 7. The number of tetrazole rings is 1. The van der Waals surface area contributed by atoms with Gasteiger partial charge in [-0.25, -0.2) is 4.79 Å². The number of H-pyrrole nitrogens is 3. The van der Waals surface area contributed by atoms with Crippen molar-refractivity contribution in [3.8, 4) is 11.4 Å². The van der Waals surface area contributed by atoms with Gasteiger partial charge in [-0.05, 0) is 23.7 Å². The van der Waals surface area contributed by atoms with Crippen molar-refractivity contribution < 1.29 is 5.11 Å². The first-order chi connectivity index (χ1) is 13.1. The SMILES string of the molecule is O=c1cc(C2CCN(CC(O)c3ccc(-c4nn[nH]n4)cc3)C2)[nH]c(=O)[nH]1. The quantitative estimate of drug-likeness (QED) is 0.486. The highest BCUT2D eigenvalue weighted by molar-refractivity contribution is 5.54. The first-order valence-electron chi connectivity index (χ1n) is 8.66. The molecule has 2 unspecified atom stereocenters. The number of aliphatic hydroxyl groups excluding tert-OH is 1. The van der Waals surface area contributed by atoms with E-state index in [1.165, 1.54) is 6.07 Å². The Morgan fingerprint density at radius 3 is 2.74 bits per heavy atom. The van der Waals surface area contributed by atoms with Crippen LogP contribution in [0.25, 0.3) is 11.4 Å². The summed E-state index contributed by atoms with van der Waals surface area (Å²) in [5.41, 5.74) is 1.38. The predicted molar refractivity (Wildman–Crippen MR) is 96.1 cm³/mol. The number of likely N-dealkylation sites (tertiary alicyclic amines) is 1. The average Bonchev–Trinajstić information content (AvgIpc) is 3.33. The summed E-state index contributed by atoms with van der Waals surface area (Å²) in [5.74, 6) is 0.582. The minimum absolute atomic E-state index is 0.0767. The van der Waals surface area contributed by atoms with Crippen LogP contribution in [0.1, 0.15) is 29.7 Å². The molecule has 4 N–H and O–H groups in total. The summed E-state index contributed by atoms with van der Waals surface area (Å²) < 4.78 is 0. The maximum Gasteiger partial charge on any atom is 0.325 e. The second-order valence-electron chi connectivity index (χ2n) is 6.66. The second-order valence-corrected chi connectivity index (χ2v) is 6.66. The van der Waals surface area contributed by atoms with E-state index < -0.39 is 17.4 Å². The summed E-state index contributed by atoms with van der Waals surface area (Å²) in [6.45, 7) is 1.94. The van der Waals surface area contributed by atoms with Crippen molar-refractivity contribution in [1.29, 1.82) is 0 Å². The van der Waals surface area contributed by atoms with Crippen LogP contribution in [0.5, 0.6) is 0 Å². The Bertz CT molecular complexity index is 982. The normalized spacial score (nSPS) is 18.6. The first-order valence-corrected chi connectivity index (χ1v) is 8.66. The van der Waals surface area contributed by atoms with Crippen LogP contribution in [-0.4, -0.2) is 60.2 Å². The lowest BCUT2D eigenvalue weighted by molar-refractivity contribution is 0.125. The fourth-order valence-corrected chi connectivity index (χ4v) is 3.45. The minimum atomic E-state index is -0.638. The predicted octanol–water partition coefficient (Wildman–Crippen LogP) is -0.234. The molecule has 0 bridgehead atoms. The lowest BCUT2D eigenvalue weighted by Gasteiger charge is -2.20. The van der Waals surface area contributed by atoms with Crippen molar-refractivity contribution >= 4 is 0 Å². The molecule has 10 heteroatoms. The van der Waals surface area contributed by atoms with Gasteiger partial charge in [0.15, 0.2) is 0 Å². The van der Waals surface area contributed by atoms with Gasteiger partial charge in [-0.2, -0.15) is 5.21 Å². The van der Waals surface area contributed by atoms with E-state index in [1.54, 1.807) is 0 Å². The number of rotatable bonds is 5. The fraction of sp³-hybridized carbons (Fsp3) is 0.353. The molecule has 2 atom stereocenters. The Labute approximate surface area is 153 Å². The van der Waals surface area contributed by atoms with E-state index in [0.29, 0.717) is 24.6 Å². The molecular formula is C17H19N7O3.